The van der Waals surface area contributed by atoms with Crippen LogP contribution in [0.2, 0.25) is 0 Å². The molecule has 2 amide bonds. The molecule has 204 valence electrons. The molecule has 0 atom stereocenters. The van der Waals surface area contributed by atoms with Crippen LogP contribution in [0.15, 0.2) is 64.8 Å². The lowest BCUT2D eigenvalue weighted by Gasteiger charge is -2.50. The highest BCUT2D eigenvalue weighted by molar-refractivity contribution is 7.89. The highest BCUT2D eigenvalue weighted by atomic mass is 32.2. The molecular weight excluding hydrogens is 526 g/mol. The minimum atomic E-state index is -4.23. The largest absolute Gasteiger partial charge is 0.489 e. The molecule has 0 unspecified atom stereocenters. The highest BCUT2D eigenvalue weighted by Gasteiger charge is 2.55. The van der Waals surface area contributed by atoms with Gasteiger partial charge in [0, 0.05) is 22.6 Å². The van der Waals surface area contributed by atoms with Crippen LogP contribution in [0.5, 0.6) is 5.75 Å². The third-order valence-corrected chi connectivity index (χ3v) is 8.62. The van der Waals surface area contributed by atoms with Gasteiger partial charge in [-0.25, -0.2) is 13.8 Å². The van der Waals surface area contributed by atoms with Crippen LogP contribution in [0, 0.1) is 17.7 Å². The molecule has 1 saturated carbocycles. The van der Waals surface area contributed by atoms with E-state index in [2.05, 4.69) is 15.0 Å². The van der Waals surface area contributed by atoms with Gasteiger partial charge in [0.25, 0.3) is 5.91 Å². The lowest BCUT2D eigenvalue weighted by Crippen LogP contribution is -2.77. The molecule has 3 N–H and O–H groups in total. The molecule has 2 fully saturated rings. The van der Waals surface area contributed by atoms with Gasteiger partial charge >= 0.3 is 0 Å². The van der Waals surface area contributed by atoms with Crippen LogP contribution in [-0.2, 0) is 26.2 Å². The van der Waals surface area contributed by atoms with E-state index in [4.69, 9.17) is 4.74 Å². The Kier molecular flexibility index (Phi) is 7.05. The maximum absolute atomic E-state index is 13.2. The molecule has 39 heavy (non-hydrogen) atoms. The fraction of sp³-hybridized carbons (Fsp3) is 0.346. The number of nitrogens with one attached hydrogen (secondary N) is 2. The molecule has 1 aromatic heterocycles. The van der Waals surface area contributed by atoms with Crippen molar-refractivity contribution in [2.75, 3.05) is 13.1 Å². The average Bonchev–Trinajstić information content (AvgIpc) is 2.87. The standard InChI is InChI=1S/C26H27N5O7S/c1-16-10-18(22-4-2-3-5-23(22)27-16)13-38-20-6-8-21(9-7-20)39(36,37)29-26(25(34)28-30-35)14-31(15-26)24(33)17-11-19(32)12-17/h2-10,17,19,29,32H,11-15H2,1H3,(H,28,34,35). The van der Waals surface area contributed by atoms with Gasteiger partial charge in [0.2, 0.25) is 15.9 Å². The van der Waals surface area contributed by atoms with Crippen molar-refractivity contribution in [1.29, 1.82) is 0 Å². The second kappa shape index (κ2) is 10.3. The van der Waals surface area contributed by atoms with Crippen molar-refractivity contribution in [1.82, 2.24) is 20.0 Å². The van der Waals surface area contributed by atoms with Crippen LogP contribution in [0.4, 0.5) is 0 Å². The van der Waals surface area contributed by atoms with Gasteiger partial charge < -0.3 is 14.7 Å². The SMILES string of the molecule is Cc1cc(COc2ccc(S(=O)(=O)NC3(C(=O)NN=O)CN(C(=O)C4CC(O)C4)C3)cc2)c2ccccc2n1. The maximum Gasteiger partial charge on any atom is 0.267 e. The summed E-state index contributed by atoms with van der Waals surface area (Å²) in [5.74, 6) is -1.17. The summed E-state index contributed by atoms with van der Waals surface area (Å²) in [7, 11) is -4.23. The first-order valence-corrected chi connectivity index (χ1v) is 13.8. The predicted molar refractivity (Wildman–Crippen MR) is 140 cm³/mol. The number of sulfonamides is 1. The Morgan fingerprint density at radius 1 is 1.15 bits per heavy atom. The molecule has 2 heterocycles. The van der Waals surface area contributed by atoms with Gasteiger partial charge in [-0.15, -0.1) is 4.91 Å². The van der Waals surface area contributed by atoms with Gasteiger partial charge in [0.1, 0.15) is 17.9 Å². The number of aryl methyl sites for hydroxylation is 1. The van der Waals surface area contributed by atoms with Gasteiger partial charge in [-0.3, -0.25) is 14.6 Å². The number of pyridine rings is 1. The Morgan fingerprint density at radius 2 is 1.85 bits per heavy atom. The lowest BCUT2D eigenvalue weighted by atomic mass is 9.79. The summed E-state index contributed by atoms with van der Waals surface area (Å²) >= 11 is 0. The monoisotopic (exact) mass is 553 g/mol. The average molecular weight is 554 g/mol. The number of nitrogens with zero attached hydrogens (tertiary/aromatic N) is 3. The van der Waals surface area contributed by atoms with Gasteiger partial charge in [0.15, 0.2) is 0 Å². The number of likely N-dealkylation sites (tertiary alicyclic amines) is 1. The number of carbonyl (C=O) groups is 2. The fourth-order valence-corrected chi connectivity index (χ4v) is 6.27. The number of hydrogen-bond donors (Lipinski definition) is 3. The molecule has 1 aliphatic carbocycles. The molecule has 1 saturated heterocycles. The zero-order chi connectivity index (χ0) is 27.8. The molecule has 12 nitrogen and oxygen atoms in total. The van der Waals surface area contributed by atoms with Crippen molar-refractivity contribution in [3.05, 3.63) is 70.8 Å². The lowest BCUT2D eigenvalue weighted by molar-refractivity contribution is -0.154. The number of aromatic nitrogens is 1. The van der Waals surface area contributed by atoms with Crippen molar-refractivity contribution in [2.24, 2.45) is 11.2 Å². The highest BCUT2D eigenvalue weighted by Crippen LogP contribution is 2.33. The van der Waals surface area contributed by atoms with Gasteiger partial charge in [-0.2, -0.15) is 4.72 Å². The van der Waals surface area contributed by atoms with E-state index < -0.39 is 27.6 Å². The van der Waals surface area contributed by atoms with Crippen LogP contribution >= 0.6 is 0 Å². The second-order valence-corrected chi connectivity index (χ2v) is 11.6. The van der Waals surface area contributed by atoms with Crippen LogP contribution in [0.3, 0.4) is 0 Å². The summed E-state index contributed by atoms with van der Waals surface area (Å²) in [5.41, 5.74) is 2.64. The number of benzene rings is 2. The first kappa shape index (κ1) is 26.7. The summed E-state index contributed by atoms with van der Waals surface area (Å²) in [6.07, 6.45) is 0.106. The summed E-state index contributed by atoms with van der Waals surface area (Å²) in [6, 6.07) is 15.3. The third kappa shape index (κ3) is 5.33. The number of aliphatic hydroxyl groups is 1. The number of nitroso groups, excluding NO2 is 1. The minimum Gasteiger partial charge on any atom is -0.489 e. The number of rotatable bonds is 9. The van der Waals surface area contributed by atoms with Crippen molar-refractivity contribution in [3.63, 3.8) is 0 Å². The number of amides is 2. The van der Waals surface area contributed by atoms with Crippen LogP contribution in [0.1, 0.15) is 24.1 Å². The molecule has 3 aromatic rings. The second-order valence-electron chi connectivity index (χ2n) is 9.94. The van der Waals surface area contributed by atoms with E-state index in [9.17, 15) is 28.0 Å². The molecule has 2 aromatic carbocycles. The zero-order valence-corrected chi connectivity index (χ0v) is 21.8. The molecule has 2 aliphatic rings. The number of hydrogen-bond acceptors (Lipinski definition) is 9. The van der Waals surface area contributed by atoms with E-state index in [1.165, 1.54) is 29.2 Å². The van der Waals surface area contributed by atoms with E-state index in [0.29, 0.717) is 18.6 Å². The quantitative estimate of drug-likeness (QED) is 0.265. The first-order chi connectivity index (χ1) is 18.6. The van der Waals surface area contributed by atoms with E-state index in [0.717, 1.165) is 22.2 Å². The van der Waals surface area contributed by atoms with E-state index >= 15 is 0 Å². The van der Waals surface area contributed by atoms with Crippen molar-refractivity contribution >= 4 is 32.7 Å². The number of ether oxygens (including phenoxy) is 1. The summed E-state index contributed by atoms with van der Waals surface area (Å²) in [4.78, 5) is 41.5. The summed E-state index contributed by atoms with van der Waals surface area (Å²) in [5, 5.41) is 12.8. The molecule has 0 spiro atoms. The van der Waals surface area contributed by atoms with Gasteiger partial charge in [-0.1, -0.05) is 18.2 Å². The predicted octanol–water partition coefficient (Wildman–Crippen LogP) is 1.55. The Balaban J connectivity index is 1.27. The first-order valence-electron chi connectivity index (χ1n) is 12.3. The molecule has 13 heteroatoms. The molecule has 1 aliphatic heterocycles. The Labute approximate surface area is 224 Å². The Morgan fingerprint density at radius 3 is 2.51 bits per heavy atom. The fourth-order valence-electron chi connectivity index (χ4n) is 4.92. The third-order valence-electron chi connectivity index (χ3n) is 7.07. The van der Waals surface area contributed by atoms with Gasteiger partial charge in [-0.05, 0) is 56.2 Å². The minimum absolute atomic E-state index is 0.127. The Hall–Kier alpha value is -3.94. The van der Waals surface area contributed by atoms with Crippen LogP contribution < -0.4 is 14.9 Å². The van der Waals surface area contributed by atoms with E-state index in [1.54, 1.807) is 5.43 Å². The number of carbonyl (C=O) groups excluding carboxylic acids is 2. The van der Waals surface area contributed by atoms with Gasteiger partial charge in [0.05, 0.1) is 34.9 Å². The summed E-state index contributed by atoms with van der Waals surface area (Å²) < 4.78 is 34.6. The van der Waals surface area contributed by atoms with Crippen molar-refractivity contribution in [3.8, 4) is 5.75 Å². The van der Waals surface area contributed by atoms with E-state index in [1.807, 2.05) is 37.3 Å². The molecule has 0 radical (unpaired) electrons. The van der Waals surface area contributed by atoms with Crippen LogP contribution in [-0.4, -0.2) is 60.0 Å². The molecule has 5 rings (SSSR count). The van der Waals surface area contributed by atoms with Crippen molar-refractivity contribution < 1.29 is 27.9 Å². The maximum atomic E-state index is 13.2. The van der Waals surface area contributed by atoms with Crippen LogP contribution in [0.25, 0.3) is 10.9 Å². The normalized spacial score (nSPS) is 20.0. The molecular formula is C26H27N5O7S. The number of para-hydroxylation sites is 1. The van der Waals surface area contributed by atoms with Crippen molar-refractivity contribution in [2.45, 2.75) is 42.9 Å². The summed E-state index contributed by atoms with van der Waals surface area (Å²) in [6.45, 7) is 1.62. The topological polar surface area (TPSA) is 167 Å². The smallest absolute Gasteiger partial charge is 0.267 e. The Bertz CT molecular complexity index is 1530. The number of aliphatic hydroxyl groups excluding tert-OH is 1. The van der Waals surface area contributed by atoms with E-state index in [-0.39, 0.29) is 36.4 Å². The zero-order valence-electron chi connectivity index (χ0n) is 21.0. The molecule has 0 bridgehead atoms. The number of fused-ring (bicyclic) bond motifs is 1.